The Kier molecular flexibility index (Phi) is 5.69. The third-order valence-corrected chi connectivity index (χ3v) is 3.23. The highest BCUT2D eigenvalue weighted by molar-refractivity contribution is 5.63. The number of ether oxygens (including phenoxy) is 1. The summed E-state index contributed by atoms with van der Waals surface area (Å²) in [6.07, 6.45) is 2.08. The molecule has 0 spiro atoms. The Morgan fingerprint density at radius 3 is 2.71 bits per heavy atom. The van der Waals surface area contributed by atoms with Crippen LogP contribution in [0, 0.1) is 0 Å². The van der Waals surface area contributed by atoms with Crippen molar-refractivity contribution in [2.75, 3.05) is 19.0 Å². The Balaban J connectivity index is 2.37. The lowest BCUT2D eigenvalue weighted by Gasteiger charge is -2.10. The van der Waals surface area contributed by atoms with E-state index in [1.54, 1.807) is 7.11 Å². The molecule has 0 aliphatic carbocycles. The third-order valence-electron chi connectivity index (χ3n) is 3.23. The minimum absolute atomic E-state index is 0.419. The zero-order chi connectivity index (χ0) is 15.1. The largest absolute Gasteiger partial charge is 0.377 e. The zero-order valence-corrected chi connectivity index (χ0v) is 13.0. The number of hydrogen-bond donors (Lipinski definition) is 1. The van der Waals surface area contributed by atoms with Crippen molar-refractivity contribution < 1.29 is 4.74 Å². The number of nitrogens with zero attached hydrogens (tertiary/aromatic N) is 2. The van der Waals surface area contributed by atoms with Gasteiger partial charge in [-0.3, -0.25) is 0 Å². The van der Waals surface area contributed by atoms with E-state index < -0.39 is 0 Å². The highest BCUT2D eigenvalue weighted by Gasteiger charge is 2.07. The predicted molar refractivity (Wildman–Crippen MR) is 86.3 cm³/mol. The summed E-state index contributed by atoms with van der Waals surface area (Å²) in [6, 6.07) is 10.5. The van der Waals surface area contributed by atoms with Gasteiger partial charge in [0, 0.05) is 25.3 Å². The van der Waals surface area contributed by atoms with E-state index >= 15 is 0 Å². The van der Waals surface area contributed by atoms with Crippen molar-refractivity contribution in [2.24, 2.45) is 0 Å². The number of nitrogens with one attached hydrogen (secondary N) is 1. The summed E-state index contributed by atoms with van der Waals surface area (Å²) in [5, 5.41) is 3.33. The Hall–Kier alpha value is -1.94. The van der Waals surface area contributed by atoms with Crippen LogP contribution in [0.2, 0.25) is 0 Å². The first kappa shape index (κ1) is 15.4. The fourth-order valence-electron chi connectivity index (χ4n) is 2.13. The van der Waals surface area contributed by atoms with E-state index in [9.17, 15) is 0 Å². The first-order chi connectivity index (χ1) is 10.3. The number of hydrogen-bond acceptors (Lipinski definition) is 4. The highest BCUT2D eigenvalue weighted by atomic mass is 16.5. The molecule has 0 aliphatic heterocycles. The lowest BCUT2D eigenvalue weighted by molar-refractivity contribution is 0.178. The lowest BCUT2D eigenvalue weighted by atomic mass is 10.1. The van der Waals surface area contributed by atoms with Gasteiger partial charge in [0.2, 0.25) is 0 Å². The summed E-state index contributed by atoms with van der Waals surface area (Å²) in [4.78, 5) is 9.08. The molecule has 0 aliphatic rings. The molecule has 112 valence electrons. The SMILES string of the molecule is CCCNc1cc(-c2cccc(CC)c2)nc(COC)n1. The van der Waals surface area contributed by atoms with Gasteiger partial charge in [-0.15, -0.1) is 0 Å². The summed E-state index contributed by atoms with van der Waals surface area (Å²) in [6.45, 7) is 5.61. The Morgan fingerprint density at radius 1 is 1.14 bits per heavy atom. The number of anilines is 1. The van der Waals surface area contributed by atoms with Crippen LogP contribution in [0.15, 0.2) is 30.3 Å². The second-order valence-corrected chi connectivity index (χ2v) is 4.97. The standard InChI is InChI=1S/C17H23N3O/c1-4-9-18-16-11-15(19-17(20-16)12-21-3)14-8-6-7-13(5-2)10-14/h6-8,10-11H,4-5,9,12H2,1-3H3,(H,18,19,20). The molecule has 0 saturated heterocycles. The van der Waals surface area contributed by atoms with Gasteiger partial charge in [0.05, 0.1) is 5.69 Å². The minimum Gasteiger partial charge on any atom is -0.377 e. The van der Waals surface area contributed by atoms with Gasteiger partial charge in [-0.1, -0.05) is 32.0 Å². The van der Waals surface area contributed by atoms with Gasteiger partial charge >= 0.3 is 0 Å². The van der Waals surface area contributed by atoms with Crippen LogP contribution in [-0.2, 0) is 17.8 Å². The van der Waals surface area contributed by atoms with Crippen molar-refractivity contribution in [3.05, 3.63) is 41.7 Å². The van der Waals surface area contributed by atoms with Gasteiger partial charge < -0.3 is 10.1 Å². The molecule has 21 heavy (non-hydrogen) atoms. The molecule has 0 atom stereocenters. The normalized spacial score (nSPS) is 10.6. The van der Waals surface area contributed by atoms with E-state index in [2.05, 4.69) is 53.4 Å². The molecule has 4 heteroatoms. The summed E-state index contributed by atoms with van der Waals surface area (Å²) < 4.78 is 5.17. The molecule has 1 heterocycles. The molecule has 0 radical (unpaired) electrons. The quantitative estimate of drug-likeness (QED) is 0.843. The molecule has 1 aromatic heterocycles. The summed E-state index contributed by atoms with van der Waals surface area (Å²) >= 11 is 0. The lowest BCUT2D eigenvalue weighted by Crippen LogP contribution is -2.06. The van der Waals surface area contributed by atoms with E-state index in [4.69, 9.17) is 4.74 Å². The average molecular weight is 285 g/mol. The molecule has 2 rings (SSSR count). The number of aryl methyl sites for hydroxylation is 1. The van der Waals surface area contributed by atoms with Gasteiger partial charge in [-0.25, -0.2) is 9.97 Å². The first-order valence-electron chi connectivity index (χ1n) is 7.46. The summed E-state index contributed by atoms with van der Waals surface area (Å²) in [5.41, 5.74) is 3.36. The maximum Gasteiger partial charge on any atom is 0.157 e. The fourth-order valence-corrected chi connectivity index (χ4v) is 2.13. The molecule has 0 bridgehead atoms. The van der Waals surface area contributed by atoms with E-state index in [-0.39, 0.29) is 0 Å². The first-order valence-corrected chi connectivity index (χ1v) is 7.46. The second-order valence-electron chi connectivity index (χ2n) is 4.97. The van der Waals surface area contributed by atoms with Crippen LogP contribution in [0.1, 0.15) is 31.7 Å². The average Bonchev–Trinajstić information content (AvgIpc) is 2.53. The van der Waals surface area contributed by atoms with Gasteiger partial charge in [0.1, 0.15) is 12.4 Å². The second kappa shape index (κ2) is 7.74. The van der Waals surface area contributed by atoms with Gasteiger partial charge in [0.25, 0.3) is 0 Å². The maximum absolute atomic E-state index is 5.17. The topological polar surface area (TPSA) is 47.0 Å². The maximum atomic E-state index is 5.17. The molecular weight excluding hydrogens is 262 g/mol. The predicted octanol–water partition coefficient (Wildman–Crippen LogP) is 3.67. The molecule has 1 aromatic carbocycles. The van der Waals surface area contributed by atoms with Crippen LogP contribution in [0.5, 0.6) is 0 Å². The highest BCUT2D eigenvalue weighted by Crippen LogP contribution is 2.21. The molecule has 4 nitrogen and oxygen atoms in total. The smallest absolute Gasteiger partial charge is 0.157 e. The Bertz CT molecular complexity index is 584. The van der Waals surface area contributed by atoms with Crippen LogP contribution in [0.4, 0.5) is 5.82 Å². The number of methoxy groups -OCH3 is 1. The molecule has 2 aromatic rings. The minimum atomic E-state index is 0.419. The molecule has 0 saturated carbocycles. The van der Waals surface area contributed by atoms with Crippen LogP contribution in [0.3, 0.4) is 0 Å². The van der Waals surface area contributed by atoms with Crippen LogP contribution >= 0.6 is 0 Å². The summed E-state index contributed by atoms with van der Waals surface area (Å²) in [7, 11) is 1.66. The van der Waals surface area contributed by atoms with Crippen molar-refractivity contribution in [1.29, 1.82) is 0 Å². The number of benzene rings is 1. The van der Waals surface area contributed by atoms with E-state index in [1.165, 1.54) is 5.56 Å². The van der Waals surface area contributed by atoms with Gasteiger partial charge in [-0.2, -0.15) is 0 Å². The number of rotatable bonds is 7. The van der Waals surface area contributed by atoms with Crippen molar-refractivity contribution in [1.82, 2.24) is 9.97 Å². The van der Waals surface area contributed by atoms with Crippen molar-refractivity contribution in [3.63, 3.8) is 0 Å². The number of aromatic nitrogens is 2. The molecule has 0 amide bonds. The molecule has 0 fully saturated rings. The van der Waals surface area contributed by atoms with Crippen molar-refractivity contribution in [2.45, 2.75) is 33.3 Å². The van der Waals surface area contributed by atoms with E-state index in [0.29, 0.717) is 12.4 Å². The van der Waals surface area contributed by atoms with Crippen LogP contribution < -0.4 is 5.32 Å². The fraction of sp³-hybridized carbons (Fsp3) is 0.412. The van der Waals surface area contributed by atoms with Gasteiger partial charge in [-0.05, 0) is 24.5 Å². The zero-order valence-electron chi connectivity index (χ0n) is 13.0. The summed E-state index contributed by atoms with van der Waals surface area (Å²) in [5.74, 6) is 1.56. The van der Waals surface area contributed by atoms with Crippen LogP contribution in [-0.4, -0.2) is 23.6 Å². The Labute approximate surface area is 126 Å². The van der Waals surface area contributed by atoms with E-state index in [0.717, 1.165) is 36.5 Å². The van der Waals surface area contributed by atoms with Crippen molar-refractivity contribution in [3.8, 4) is 11.3 Å². The molecular formula is C17H23N3O. The monoisotopic (exact) mass is 285 g/mol. The Morgan fingerprint density at radius 2 is 2.00 bits per heavy atom. The van der Waals surface area contributed by atoms with Crippen LogP contribution in [0.25, 0.3) is 11.3 Å². The van der Waals surface area contributed by atoms with Crippen molar-refractivity contribution >= 4 is 5.82 Å². The van der Waals surface area contributed by atoms with E-state index in [1.807, 2.05) is 6.07 Å². The third kappa shape index (κ3) is 4.26. The van der Waals surface area contributed by atoms with Gasteiger partial charge in [0.15, 0.2) is 5.82 Å². The molecule has 1 N–H and O–H groups in total. The molecule has 0 unspecified atom stereocenters.